The predicted molar refractivity (Wildman–Crippen MR) is 47.8 cm³/mol. The Balaban J connectivity index is 2.65. The number of nitrogens with two attached hydrogens (primary N) is 1. The predicted octanol–water partition coefficient (Wildman–Crippen LogP) is -0.608. The summed E-state index contributed by atoms with van der Waals surface area (Å²) in [4.78, 5) is 23.5. The van der Waals surface area contributed by atoms with E-state index in [9.17, 15) is 9.59 Å². The van der Waals surface area contributed by atoms with Crippen LogP contribution in [0.5, 0.6) is 0 Å². The van der Waals surface area contributed by atoms with Crippen LogP contribution in [0.2, 0.25) is 0 Å². The molecule has 0 bridgehead atoms. The number of nitrogens with zero attached hydrogens (tertiary/aromatic N) is 1. The topological polar surface area (TPSA) is 63.4 Å². The number of carbonyl (C=O) groups is 2. The van der Waals surface area contributed by atoms with Gasteiger partial charge in [-0.25, -0.2) is 0 Å². The van der Waals surface area contributed by atoms with E-state index in [0.29, 0.717) is 18.7 Å². The minimum atomic E-state index is -0.525. The highest BCUT2D eigenvalue weighted by Gasteiger charge is 2.30. The smallest absolute Gasteiger partial charge is 0.241 e. The van der Waals surface area contributed by atoms with Crippen LogP contribution in [0.15, 0.2) is 0 Å². The summed E-state index contributed by atoms with van der Waals surface area (Å²) in [5.41, 5.74) is 5.11. The second-order valence-corrected chi connectivity index (χ2v) is 3.16. The molecule has 0 saturated carbocycles. The number of thiol groups is 1. The summed E-state index contributed by atoms with van der Waals surface area (Å²) >= 11 is 3.98. The molecule has 0 aliphatic carbocycles. The third-order valence-electron chi connectivity index (χ3n) is 1.99. The fourth-order valence-corrected chi connectivity index (χ4v) is 1.72. The molecule has 1 heterocycles. The lowest BCUT2D eigenvalue weighted by Crippen LogP contribution is -2.46. The molecule has 1 atom stereocenters. The maximum atomic E-state index is 11.2. The molecule has 68 valence electrons. The summed E-state index contributed by atoms with van der Waals surface area (Å²) in [6, 6.07) is -0.525. The average Bonchev–Trinajstić information content (AvgIpc) is 2.38. The van der Waals surface area contributed by atoms with Gasteiger partial charge in [-0.1, -0.05) is 0 Å². The van der Waals surface area contributed by atoms with E-state index in [1.165, 1.54) is 4.90 Å². The first-order valence-corrected chi connectivity index (χ1v) is 4.49. The summed E-state index contributed by atoms with van der Waals surface area (Å²) in [5, 5.41) is 0. The van der Waals surface area contributed by atoms with Gasteiger partial charge in [0.1, 0.15) is 6.04 Å². The highest BCUT2D eigenvalue weighted by atomic mass is 32.1. The largest absolute Gasteiger partial charge is 0.368 e. The molecule has 12 heavy (non-hydrogen) atoms. The molecule has 0 aromatic carbocycles. The van der Waals surface area contributed by atoms with Gasteiger partial charge in [-0.15, -0.1) is 0 Å². The van der Waals surface area contributed by atoms with Gasteiger partial charge in [-0.05, 0) is 6.42 Å². The highest BCUT2D eigenvalue weighted by Crippen LogP contribution is 2.13. The monoisotopic (exact) mass is 188 g/mol. The molecule has 0 spiro atoms. The van der Waals surface area contributed by atoms with Crippen molar-refractivity contribution in [2.75, 3.05) is 12.3 Å². The lowest BCUT2D eigenvalue weighted by molar-refractivity contribution is -0.135. The van der Waals surface area contributed by atoms with Gasteiger partial charge >= 0.3 is 0 Å². The molecule has 1 saturated heterocycles. The normalized spacial score (nSPS) is 19.8. The third kappa shape index (κ3) is 1.72. The second-order valence-electron chi connectivity index (χ2n) is 2.79. The van der Waals surface area contributed by atoms with E-state index >= 15 is 0 Å². The lowest BCUT2D eigenvalue weighted by Gasteiger charge is -2.22. The third-order valence-corrected chi connectivity index (χ3v) is 2.33. The number of likely N-dealkylation sites (tertiary alicyclic amines) is 1. The van der Waals surface area contributed by atoms with Crippen LogP contribution in [-0.2, 0) is 9.59 Å². The van der Waals surface area contributed by atoms with Crippen LogP contribution in [0.4, 0.5) is 0 Å². The Morgan fingerprint density at radius 3 is 2.75 bits per heavy atom. The summed E-state index contributed by atoms with van der Waals surface area (Å²) in [6.45, 7) is 0.632. The van der Waals surface area contributed by atoms with E-state index in [1.54, 1.807) is 0 Å². The molecule has 2 N–H and O–H groups in total. The quantitative estimate of drug-likeness (QED) is 0.580. The molecule has 0 radical (unpaired) electrons. The molecule has 4 nitrogen and oxygen atoms in total. The number of carbonyl (C=O) groups excluding carboxylic acids is 2. The molecule has 0 aromatic heterocycles. The Hall–Kier alpha value is -0.710. The Kier molecular flexibility index (Phi) is 2.97. The van der Waals surface area contributed by atoms with Crippen LogP contribution in [-0.4, -0.2) is 35.1 Å². The zero-order chi connectivity index (χ0) is 9.14. The van der Waals surface area contributed by atoms with Gasteiger partial charge in [-0.3, -0.25) is 9.59 Å². The van der Waals surface area contributed by atoms with Gasteiger partial charge in [0.05, 0.1) is 0 Å². The molecule has 0 aromatic rings. The van der Waals surface area contributed by atoms with Crippen molar-refractivity contribution in [3.63, 3.8) is 0 Å². The molecule has 2 amide bonds. The van der Waals surface area contributed by atoms with E-state index in [1.807, 2.05) is 0 Å². The van der Waals surface area contributed by atoms with Crippen LogP contribution in [0.25, 0.3) is 0 Å². The number of hydrogen-bond donors (Lipinski definition) is 2. The first kappa shape index (κ1) is 9.38. The Labute approximate surface area is 76.5 Å². The summed E-state index contributed by atoms with van der Waals surface area (Å²) < 4.78 is 0. The number of hydrogen-bond acceptors (Lipinski definition) is 3. The zero-order valence-corrected chi connectivity index (χ0v) is 7.59. The second kappa shape index (κ2) is 3.80. The Bertz CT molecular complexity index is 208. The molecule has 5 heteroatoms. The fraction of sp³-hybridized carbons (Fsp3) is 0.714. The molecular weight excluding hydrogens is 176 g/mol. The number of primary amides is 1. The van der Waals surface area contributed by atoms with Crippen molar-refractivity contribution in [2.45, 2.75) is 18.9 Å². The van der Waals surface area contributed by atoms with E-state index < -0.39 is 11.9 Å². The van der Waals surface area contributed by atoms with Crippen molar-refractivity contribution in [1.82, 2.24) is 4.90 Å². The standard InChI is InChI=1S/C7H12N2O2S/c8-7(11)5(4-12)9-3-1-2-6(9)10/h5,12H,1-4H2,(H2,8,11). The fourth-order valence-electron chi connectivity index (χ4n) is 1.34. The molecular formula is C7H12N2O2S. The minimum Gasteiger partial charge on any atom is -0.368 e. The Morgan fingerprint density at radius 1 is 1.75 bits per heavy atom. The SMILES string of the molecule is NC(=O)C(CS)N1CCCC1=O. The van der Waals surface area contributed by atoms with Gasteiger partial charge in [0.15, 0.2) is 0 Å². The summed E-state index contributed by atoms with van der Waals surface area (Å²) in [7, 11) is 0. The van der Waals surface area contributed by atoms with Gasteiger partial charge in [0, 0.05) is 18.7 Å². The molecule has 1 rings (SSSR count). The maximum absolute atomic E-state index is 11.2. The van der Waals surface area contributed by atoms with Gasteiger partial charge in [0.2, 0.25) is 11.8 Å². The first-order valence-electron chi connectivity index (χ1n) is 3.86. The lowest BCUT2D eigenvalue weighted by atomic mass is 10.3. The van der Waals surface area contributed by atoms with E-state index in [4.69, 9.17) is 5.73 Å². The molecule has 1 aliphatic rings. The van der Waals surface area contributed by atoms with Crippen LogP contribution >= 0.6 is 12.6 Å². The summed E-state index contributed by atoms with van der Waals surface area (Å²) in [5.74, 6) is -0.158. The van der Waals surface area contributed by atoms with Crippen LogP contribution in [0, 0.1) is 0 Å². The van der Waals surface area contributed by atoms with Crippen molar-refractivity contribution in [2.24, 2.45) is 5.73 Å². The van der Waals surface area contributed by atoms with Crippen molar-refractivity contribution < 1.29 is 9.59 Å². The van der Waals surface area contributed by atoms with Gasteiger partial charge in [-0.2, -0.15) is 12.6 Å². The Morgan fingerprint density at radius 2 is 2.42 bits per heavy atom. The van der Waals surface area contributed by atoms with Crippen molar-refractivity contribution in [3.8, 4) is 0 Å². The van der Waals surface area contributed by atoms with Crippen molar-refractivity contribution >= 4 is 24.4 Å². The average molecular weight is 188 g/mol. The van der Waals surface area contributed by atoms with Crippen molar-refractivity contribution in [3.05, 3.63) is 0 Å². The van der Waals surface area contributed by atoms with Crippen LogP contribution < -0.4 is 5.73 Å². The van der Waals surface area contributed by atoms with Crippen LogP contribution in [0.1, 0.15) is 12.8 Å². The number of rotatable bonds is 3. The highest BCUT2D eigenvalue weighted by molar-refractivity contribution is 7.80. The van der Waals surface area contributed by atoms with Gasteiger partial charge in [0.25, 0.3) is 0 Å². The van der Waals surface area contributed by atoms with Gasteiger partial charge < -0.3 is 10.6 Å². The zero-order valence-electron chi connectivity index (χ0n) is 6.69. The molecule has 1 aliphatic heterocycles. The minimum absolute atomic E-state index is 0.00727. The molecule has 1 fully saturated rings. The van der Waals surface area contributed by atoms with Crippen molar-refractivity contribution in [1.29, 1.82) is 0 Å². The maximum Gasteiger partial charge on any atom is 0.241 e. The first-order chi connectivity index (χ1) is 5.66. The van der Waals surface area contributed by atoms with E-state index in [2.05, 4.69) is 12.6 Å². The summed E-state index contributed by atoms with van der Waals surface area (Å²) in [6.07, 6.45) is 1.34. The number of amides is 2. The van der Waals surface area contributed by atoms with E-state index in [0.717, 1.165) is 6.42 Å². The van der Waals surface area contributed by atoms with Crippen LogP contribution in [0.3, 0.4) is 0 Å². The van der Waals surface area contributed by atoms with E-state index in [-0.39, 0.29) is 5.91 Å². The molecule has 1 unspecified atom stereocenters.